The zero-order valence-electron chi connectivity index (χ0n) is 10.0. The molecule has 0 unspecified atom stereocenters. The van der Waals surface area contributed by atoms with Crippen molar-refractivity contribution in [2.75, 3.05) is 6.54 Å². The van der Waals surface area contributed by atoms with Crippen molar-refractivity contribution in [1.82, 2.24) is 5.32 Å². The molecule has 1 rings (SSSR count). The van der Waals surface area contributed by atoms with Crippen molar-refractivity contribution in [2.24, 2.45) is 5.92 Å². The molecule has 0 radical (unpaired) electrons. The summed E-state index contributed by atoms with van der Waals surface area (Å²) in [7, 11) is 0. The molecular formula is C13H27N. The Hall–Kier alpha value is -0.0400. The fourth-order valence-electron chi connectivity index (χ4n) is 2.46. The van der Waals surface area contributed by atoms with Gasteiger partial charge in [0, 0.05) is 6.04 Å². The maximum atomic E-state index is 3.73. The largest absolute Gasteiger partial charge is 0.314 e. The molecule has 1 N–H and O–H groups in total. The summed E-state index contributed by atoms with van der Waals surface area (Å²) >= 11 is 0. The summed E-state index contributed by atoms with van der Waals surface area (Å²) in [6.07, 6.45) is 11.3. The van der Waals surface area contributed by atoms with E-state index in [1.165, 1.54) is 57.9 Å². The highest BCUT2D eigenvalue weighted by molar-refractivity contribution is 4.77. The lowest BCUT2D eigenvalue weighted by Gasteiger charge is -2.29. The predicted molar refractivity (Wildman–Crippen MR) is 63.6 cm³/mol. The summed E-state index contributed by atoms with van der Waals surface area (Å²) in [5.74, 6) is 0.912. The molecule has 1 aliphatic carbocycles. The molecule has 0 aromatic heterocycles. The zero-order valence-corrected chi connectivity index (χ0v) is 10.0. The maximum Gasteiger partial charge on any atom is 0.00926 e. The lowest BCUT2D eigenvalue weighted by molar-refractivity contribution is 0.279. The molecule has 1 fully saturated rings. The van der Waals surface area contributed by atoms with E-state index in [0.29, 0.717) is 0 Å². The van der Waals surface area contributed by atoms with Gasteiger partial charge in [0.2, 0.25) is 0 Å². The maximum absolute atomic E-state index is 3.73. The topological polar surface area (TPSA) is 12.0 Å². The first-order chi connectivity index (χ1) is 6.84. The van der Waals surface area contributed by atoms with Crippen LogP contribution in [0.2, 0.25) is 0 Å². The van der Waals surface area contributed by atoms with Gasteiger partial charge in [-0.2, -0.15) is 0 Å². The van der Waals surface area contributed by atoms with Crippen molar-refractivity contribution in [3.8, 4) is 0 Å². The van der Waals surface area contributed by atoms with E-state index < -0.39 is 0 Å². The van der Waals surface area contributed by atoms with Crippen LogP contribution in [0.3, 0.4) is 0 Å². The summed E-state index contributed by atoms with van der Waals surface area (Å²) in [5, 5.41) is 3.73. The average molecular weight is 197 g/mol. The summed E-state index contributed by atoms with van der Waals surface area (Å²) in [6, 6.07) is 0.824. The predicted octanol–water partition coefficient (Wildman–Crippen LogP) is 3.74. The van der Waals surface area contributed by atoms with E-state index in [4.69, 9.17) is 0 Å². The number of hydrogen-bond acceptors (Lipinski definition) is 1. The van der Waals surface area contributed by atoms with Crippen molar-refractivity contribution in [3.05, 3.63) is 0 Å². The third-order valence-electron chi connectivity index (χ3n) is 3.55. The van der Waals surface area contributed by atoms with Crippen molar-refractivity contribution < 1.29 is 0 Å². The Balaban J connectivity index is 1.99. The molecule has 0 amide bonds. The molecule has 1 heteroatoms. The van der Waals surface area contributed by atoms with Crippen LogP contribution in [0.25, 0.3) is 0 Å². The van der Waals surface area contributed by atoms with Gasteiger partial charge >= 0.3 is 0 Å². The molecule has 0 saturated heterocycles. The SMILES string of the molecule is CCCCCCN[C@@H]1CCCC[C@@H]1C. The van der Waals surface area contributed by atoms with E-state index in [2.05, 4.69) is 19.2 Å². The molecule has 1 nitrogen and oxygen atoms in total. The van der Waals surface area contributed by atoms with Gasteiger partial charge in [-0.05, 0) is 31.7 Å². The Kier molecular flexibility index (Phi) is 6.25. The molecule has 0 aromatic rings. The van der Waals surface area contributed by atoms with Crippen LogP contribution >= 0.6 is 0 Å². The van der Waals surface area contributed by atoms with Crippen LogP contribution in [0.1, 0.15) is 65.2 Å². The molecule has 0 bridgehead atoms. The summed E-state index contributed by atoms with van der Waals surface area (Å²) in [6.45, 7) is 5.93. The van der Waals surface area contributed by atoms with Crippen LogP contribution in [0, 0.1) is 5.92 Å². The van der Waals surface area contributed by atoms with Crippen LogP contribution in [-0.2, 0) is 0 Å². The van der Waals surface area contributed by atoms with Gasteiger partial charge in [0.25, 0.3) is 0 Å². The molecule has 0 spiro atoms. The third kappa shape index (κ3) is 4.45. The van der Waals surface area contributed by atoms with Gasteiger partial charge in [-0.3, -0.25) is 0 Å². The Morgan fingerprint density at radius 3 is 2.57 bits per heavy atom. The highest BCUT2D eigenvalue weighted by Crippen LogP contribution is 2.23. The van der Waals surface area contributed by atoms with E-state index in [0.717, 1.165) is 12.0 Å². The molecule has 84 valence electrons. The van der Waals surface area contributed by atoms with Crippen molar-refractivity contribution in [1.29, 1.82) is 0 Å². The van der Waals surface area contributed by atoms with E-state index in [-0.39, 0.29) is 0 Å². The highest BCUT2D eigenvalue weighted by atomic mass is 14.9. The van der Waals surface area contributed by atoms with Crippen LogP contribution in [-0.4, -0.2) is 12.6 Å². The van der Waals surface area contributed by atoms with Gasteiger partial charge in [0.05, 0.1) is 0 Å². The minimum absolute atomic E-state index is 0.824. The molecule has 14 heavy (non-hydrogen) atoms. The van der Waals surface area contributed by atoms with Gasteiger partial charge in [0.1, 0.15) is 0 Å². The lowest BCUT2D eigenvalue weighted by Crippen LogP contribution is -2.37. The normalized spacial score (nSPS) is 27.9. The molecule has 2 atom stereocenters. The monoisotopic (exact) mass is 197 g/mol. The number of nitrogens with one attached hydrogen (secondary N) is 1. The van der Waals surface area contributed by atoms with Gasteiger partial charge in [-0.1, -0.05) is 46.0 Å². The average Bonchev–Trinajstić information content (AvgIpc) is 2.20. The second-order valence-corrected chi connectivity index (χ2v) is 4.88. The van der Waals surface area contributed by atoms with Crippen molar-refractivity contribution in [2.45, 2.75) is 71.3 Å². The third-order valence-corrected chi connectivity index (χ3v) is 3.55. The standard InChI is InChI=1S/C13H27N/c1-3-4-5-8-11-14-13-10-7-6-9-12(13)2/h12-14H,3-11H2,1-2H3/t12-,13+/m0/s1. The molecule has 0 aromatic carbocycles. The van der Waals surface area contributed by atoms with Gasteiger partial charge in [-0.25, -0.2) is 0 Å². The van der Waals surface area contributed by atoms with Crippen molar-refractivity contribution >= 4 is 0 Å². The minimum Gasteiger partial charge on any atom is -0.314 e. The Morgan fingerprint density at radius 2 is 1.86 bits per heavy atom. The molecule has 0 aliphatic heterocycles. The van der Waals surface area contributed by atoms with E-state index in [1.807, 2.05) is 0 Å². The zero-order chi connectivity index (χ0) is 10.2. The summed E-state index contributed by atoms with van der Waals surface area (Å²) in [4.78, 5) is 0. The fourth-order valence-corrected chi connectivity index (χ4v) is 2.46. The van der Waals surface area contributed by atoms with Gasteiger partial charge in [0.15, 0.2) is 0 Å². The molecule has 0 heterocycles. The first kappa shape index (κ1) is 12.0. The molecule has 1 aliphatic rings. The van der Waals surface area contributed by atoms with Crippen LogP contribution in [0.5, 0.6) is 0 Å². The molecular weight excluding hydrogens is 170 g/mol. The van der Waals surface area contributed by atoms with Crippen LogP contribution in [0.15, 0.2) is 0 Å². The highest BCUT2D eigenvalue weighted by Gasteiger charge is 2.19. The van der Waals surface area contributed by atoms with Crippen molar-refractivity contribution in [3.63, 3.8) is 0 Å². The number of unbranched alkanes of at least 4 members (excludes halogenated alkanes) is 3. The summed E-state index contributed by atoms with van der Waals surface area (Å²) in [5.41, 5.74) is 0. The second-order valence-electron chi connectivity index (χ2n) is 4.88. The van der Waals surface area contributed by atoms with E-state index in [1.54, 1.807) is 0 Å². The van der Waals surface area contributed by atoms with Crippen LogP contribution < -0.4 is 5.32 Å². The first-order valence-electron chi connectivity index (χ1n) is 6.58. The Bertz CT molecular complexity index is 133. The Labute approximate surface area is 89.7 Å². The first-order valence-corrected chi connectivity index (χ1v) is 6.58. The quantitative estimate of drug-likeness (QED) is 0.640. The smallest absolute Gasteiger partial charge is 0.00926 e. The van der Waals surface area contributed by atoms with Crippen LogP contribution in [0.4, 0.5) is 0 Å². The lowest BCUT2D eigenvalue weighted by atomic mass is 9.86. The minimum atomic E-state index is 0.824. The fraction of sp³-hybridized carbons (Fsp3) is 1.00. The van der Waals surface area contributed by atoms with E-state index >= 15 is 0 Å². The van der Waals surface area contributed by atoms with Gasteiger partial charge in [-0.15, -0.1) is 0 Å². The summed E-state index contributed by atoms with van der Waals surface area (Å²) < 4.78 is 0. The Morgan fingerprint density at radius 1 is 1.07 bits per heavy atom. The second kappa shape index (κ2) is 7.28. The number of rotatable bonds is 6. The van der Waals surface area contributed by atoms with E-state index in [9.17, 15) is 0 Å². The molecule has 1 saturated carbocycles. The van der Waals surface area contributed by atoms with Gasteiger partial charge < -0.3 is 5.32 Å². The number of hydrogen-bond donors (Lipinski definition) is 1.